The zero-order chi connectivity index (χ0) is 16.4. The van der Waals surface area contributed by atoms with Gasteiger partial charge in [-0.15, -0.1) is 0 Å². The average Bonchev–Trinajstić information content (AvgIpc) is 2.98. The predicted molar refractivity (Wildman–Crippen MR) is 85.7 cm³/mol. The van der Waals surface area contributed by atoms with Crippen molar-refractivity contribution >= 4 is 23.6 Å². The van der Waals surface area contributed by atoms with E-state index in [0.29, 0.717) is 31.2 Å². The molecule has 1 aliphatic heterocycles. The molecule has 0 fully saturated rings. The number of amides is 2. The van der Waals surface area contributed by atoms with E-state index in [4.69, 9.17) is 5.73 Å². The first-order valence-corrected chi connectivity index (χ1v) is 8.15. The molecule has 120 valence electrons. The Morgan fingerprint density at radius 1 is 1.30 bits per heavy atom. The number of nitrogens with zero attached hydrogens (tertiary/aromatic N) is 4. The normalized spacial score (nSPS) is 15.1. The number of aromatic nitrogens is 3. The Balaban J connectivity index is 1.68. The summed E-state index contributed by atoms with van der Waals surface area (Å²) in [5.41, 5.74) is 5.71. The Bertz CT molecular complexity index is 731. The number of primary amides is 1. The maximum Gasteiger partial charge on any atom is 0.266 e. The van der Waals surface area contributed by atoms with E-state index in [-0.39, 0.29) is 11.2 Å². The van der Waals surface area contributed by atoms with E-state index >= 15 is 0 Å². The third-order valence-corrected chi connectivity index (χ3v) is 4.75. The monoisotopic (exact) mass is 331 g/mol. The van der Waals surface area contributed by atoms with Gasteiger partial charge >= 0.3 is 0 Å². The van der Waals surface area contributed by atoms with Crippen molar-refractivity contribution in [3.8, 4) is 0 Å². The number of carbonyl (C=O) groups is 2. The van der Waals surface area contributed by atoms with Crippen LogP contribution in [-0.4, -0.2) is 43.0 Å². The minimum Gasteiger partial charge on any atom is -0.364 e. The number of thioether (sulfide) groups is 1. The molecular weight excluding hydrogens is 314 g/mol. The smallest absolute Gasteiger partial charge is 0.266 e. The maximum absolute atomic E-state index is 12.6. The number of carbonyl (C=O) groups excluding carboxylic acids is 2. The molecule has 2 N–H and O–H groups in total. The molecule has 0 aromatic carbocycles. The minimum absolute atomic E-state index is 0.0375. The van der Waals surface area contributed by atoms with Gasteiger partial charge in [-0.3, -0.25) is 9.59 Å². The molecule has 1 aliphatic rings. The van der Waals surface area contributed by atoms with Gasteiger partial charge in [0.2, 0.25) is 5.91 Å². The lowest BCUT2D eigenvalue weighted by Gasteiger charge is -2.30. The Morgan fingerprint density at radius 3 is 2.83 bits per heavy atom. The molecule has 0 bridgehead atoms. The summed E-state index contributed by atoms with van der Waals surface area (Å²) in [6.45, 7) is 3.33. The molecule has 0 aliphatic carbocycles. The quantitative estimate of drug-likeness (QED) is 0.840. The van der Waals surface area contributed by atoms with E-state index in [9.17, 15) is 9.59 Å². The van der Waals surface area contributed by atoms with E-state index in [2.05, 4.69) is 9.97 Å². The fourth-order valence-electron chi connectivity index (χ4n) is 2.55. The molecule has 0 unspecified atom stereocenters. The molecule has 3 heterocycles. The summed E-state index contributed by atoms with van der Waals surface area (Å²) in [6.07, 6.45) is 3.18. The Kier molecular flexibility index (Phi) is 4.33. The number of hydrogen-bond donors (Lipinski definition) is 1. The summed E-state index contributed by atoms with van der Waals surface area (Å²) in [5.74, 6) is 0.228. The highest BCUT2D eigenvalue weighted by Crippen LogP contribution is 2.24. The second kappa shape index (κ2) is 6.41. The summed E-state index contributed by atoms with van der Waals surface area (Å²) in [5, 5.41) is 0.588. The summed E-state index contributed by atoms with van der Waals surface area (Å²) in [7, 11) is 0. The summed E-state index contributed by atoms with van der Waals surface area (Å²) in [4.78, 5) is 34.1. The van der Waals surface area contributed by atoms with Crippen molar-refractivity contribution < 1.29 is 9.59 Å². The van der Waals surface area contributed by atoms with Gasteiger partial charge in [-0.2, -0.15) is 0 Å². The van der Waals surface area contributed by atoms with Crippen molar-refractivity contribution in [2.24, 2.45) is 5.73 Å². The molecule has 0 saturated heterocycles. The standard InChI is InChI=1S/C15H17N5O2S/c1-10(23-13-4-2-3-5-17-13)15(22)19-6-7-20-11(14(16)21)8-18-12(20)9-19/h2-5,8,10H,6-7,9H2,1H3,(H2,16,21)/t10-/m0/s1. The van der Waals surface area contributed by atoms with Gasteiger partial charge in [-0.25, -0.2) is 9.97 Å². The fourth-order valence-corrected chi connectivity index (χ4v) is 3.44. The van der Waals surface area contributed by atoms with Gasteiger partial charge in [0.25, 0.3) is 5.91 Å². The third-order valence-electron chi connectivity index (χ3n) is 3.71. The molecule has 0 saturated carbocycles. The first kappa shape index (κ1) is 15.5. The van der Waals surface area contributed by atoms with E-state index in [0.717, 1.165) is 5.03 Å². The van der Waals surface area contributed by atoms with Crippen molar-refractivity contribution in [1.29, 1.82) is 0 Å². The fraction of sp³-hybridized carbons (Fsp3) is 0.333. The Hall–Kier alpha value is -2.35. The second-order valence-electron chi connectivity index (χ2n) is 5.26. The van der Waals surface area contributed by atoms with Gasteiger partial charge in [-0.1, -0.05) is 17.8 Å². The van der Waals surface area contributed by atoms with Gasteiger partial charge < -0.3 is 15.2 Å². The lowest BCUT2D eigenvalue weighted by Crippen LogP contribution is -2.42. The van der Waals surface area contributed by atoms with Crippen molar-refractivity contribution in [3.63, 3.8) is 0 Å². The second-order valence-corrected chi connectivity index (χ2v) is 6.62. The van der Waals surface area contributed by atoms with Crippen LogP contribution in [0.25, 0.3) is 0 Å². The summed E-state index contributed by atoms with van der Waals surface area (Å²) >= 11 is 1.43. The molecule has 2 amide bonds. The Morgan fingerprint density at radius 2 is 2.13 bits per heavy atom. The maximum atomic E-state index is 12.6. The van der Waals surface area contributed by atoms with Crippen LogP contribution in [-0.2, 0) is 17.9 Å². The largest absolute Gasteiger partial charge is 0.364 e. The zero-order valence-corrected chi connectivity index (χ0v) is 13.5. The van der Waals surface area contributed by atoms with Crippen LogP contribution in [0.15, 0.2) is 35.6 Å². The highest BCUT2D eigenvalue weighted by Gasteiger charge is 2.28. The van der Waals surface area contributed by atoms with Crippen LogP contribution >= 0.6 is 11.8 Å². The van der Waals surface area contributed by atoms with Crippen LogP contribution in [0.5, 0.6) is 0 Å². The van der Waals surface area contributed by atoms with Crippen molar-refractivity contribution in [1.82, 2.24) is 19.4 Å². The molecule has 23 heavy (non-hydrogen) atoms. The van der Waals surface area contributed by atoms with Crippen LogP contribution in [0, 0.1) is 0 Å². The summed E-state index contributed by atoms with van der Waals surface area (Å²) < 4.78 is 1.78. The lowest BCUT2D eigenvalue weighted by atomic mass is 10.3. The van der Waals surface area contributed by atoms with Gasteiger partial charge in [0.1, 0.15) is 11.5 Å². The predicted octanol–water partition coefficient (Wildman–Crippen LogP) is 0.900. The van der Waals surface area contributed by atoms with Gasteiger partial charge in [0.05, 0.1) is 23.0 Å². The topological polar surface area (TPSA) is 94.1 Å². The van der Waals surface area contributed by atoms with E-state index in [1.54, 1.807) is 15.7 Å². The highest BCUT2D eigenvalue weighted by atomic mass is 32.2. The number of nitrogens with two attached hydrogens (primary N) is 1. The molecule has 8 heteroatoms. The van der Waals surface area contributed by atoms with Gasteiger partial charge in [-0.05, 0) is 19.1 Å². The van der Waals surface area contributed by atoms with Gasteiger partial charge in [0.15, 0.2) is 0 Å². The SMILES string of the molecule is C[C@H](Sc1ccccn1)C(=O)N1CCn2c(C(N)=O)cnc2C1. The molecule has 3 rings (SSSR count). The molecular formula is C15H17N5O2S. The number of hydrogen-bond acceptors (Lipinski definition) is 5. The van der Waals surface area contributed by atoms with Gasteiger partial charge in [0, 0.05) is 19.3 Å². The van der Waals surface area contributed by atoms with Crippen molar-refractivity contribution in [2.45, 2.75) is 30.3 Å². The zero-order valence-electron chi connectivity index (χ0n) is 12.7. The molecule has 0 radical (unpaired) electrons. The van der Waals surface area contributed by atoms with Crippen LogP contribution in [0.3, 0.4) is 0 Å². The van der Waals surface area contributed by atoms with E-state index < -0.39 is 5.91 Å². The third kappa shape index (κ3) is 3.21. The number of imidazole rings is 1. The van der Waals surface area contributed by atoms with E-state index in [1.165, 1.54) is 18.0 Å². The van der Waals surface area contributed by atoms with Crippen LogP contribution in [0.2, 0.25) is 0 Å². The van der Waals surface area contributed by atoms with Crippen molar-refractivity contribution in [2.75, 3.05) is 6.54 Å². The first-order valence-electron chi connectivity index (χ1n) is 7.27. The van der Waals surface area contributed by atoms with E-state index in [1.807, 2.05) is 25.1 Å². The molecule has 2 aromatic heterocycles. The number of pyridine rings is 1. The molecule has 1 atom stereocenters. The van der Waals surface area contributed by atoms with Crippen LogP contribution in [0.1, 0.15) is 23.2 Å². The molecule has 7 nitrogen and oxygen atoms in total. The van der Waals surface area contributed by atoms with Crippen LogP contribution < -0.4 is 5.73 Å². The molecule has 0 spiro atoms. The molecule has 2 aromatic rings. The van der Waals surface area contributed by atoms with Crippen molar-refractivity contribution in [3.05, 3.63) is 42.1 Å². The highest BCUT2D eigenvalue weighted by molar-refractivity contribution is 8.00. The Labute approximate surface area is 137 Å². The first-order chi connectivity index (χ1) is 11.1. The van der Waals surface area contributed by atoms with Crippen LogP contribution in [0.4, 0.5) is 0 Å². The summed E-state index contributed by atoms with van der Waals surface area (Å²) in [6, 6.07) is 5.63. The average molecular weight is 331 g/mol. The number of fused-ring (bicyclic) bond motifs is 1. The lowest BCUT2D eigenvalue weighted by molar-refractivity contribution is -0.131. The minimum atomic E-state index is -0.498. The number of rotatable bonds is 4.